The molecular weight excluding hydrogens is 244 g/mol. The summed E-state index contributed by atoms with van der Waals surface area (Å²) in [5.74, 6) is -0.224. The maximum Gasteiger partial charge on any atom is 0.234 e. The van der Waals surface area contributed by atoms with Gasteiger partial charge in [-0.15, -0.1) is 0 Å². The average molecular weight is 253 g/mol. The van der Waals surface area contributed by atoms with Crippen LogP contribution in [0.4, 0.5) is 0 Å². The van der Waals surface area contributed by atoms with Crippen molar-refractivity contribution in [1.82, 2.24) is 4.42 Å². The maximum absolute atomic E-state index is 10.9. The predicted molar refractivity (Wildman–Crippen MR) is 58.5 cm³/mol. The highest BCUT2D eigenvalue weighted by molar-refractivity contribution is 6.35. The van der Waals surface area contributed by atoms with Crippen molar-refractivity contribution in [2.75, 3.05) is 0 Å². The van der Waals surface area contributed by atoms with Gasteiger partial charge in [0.25, 0.3) is 0 Å². The van der Waals surface area contributed by atoms with E-state index in [0.717, 1.165) is 9.98 Å². The third kappa shape index (κ3) is 3.05. The highest BCUT2D eigenvalue weighted by Gasteiger charge is 2.08. The van der Waals surface area contributed by atoms with Gasteiger partial charge >= 0.3 is 0 Å². The molecule has 1 aromatic rings. The molecule has 1 rings (SSSR count). The van der Waals surface area contributed by atoms with Gasteiger partial charge in [0.15, 0.2) is 0 Å². The van der Waals surface area contributed by atoms with Gasteiger partial charge < -0.3 is 0 Å². The van der Waals surface area contributed by atoms with E-state index in [0.29, 0.717) is 10.0 Å². The third-order valence-electron chi connectivity index (χ3n) is 1.67. The van der Waals surface area contributed by atoms with E-state index in [-0.39, 0.29) is 12.5 Å². The molecule has 2 nitrogen and oxygen atoms in total. The first-order valence-corrected chi connectivity index (χ1v) is 4.98. The summed E-state index contributed by atoms with van der Waals surface area (Å²) in [6.45, 7) is 1.66. The van der Waals surface area contributed by atoms with E-state index in [1.54, 1.807) is 18.2 Å². The second-order valence-electron chi connectivity index (χ2n) is 2.78. The molecule has 0 atom stereocenters. The van der Waals surface area contributed by atoms with Crippen molar-refractivity contribution in [3.8, 4) is 0 Å². The van der Waals surface area contributed by atoms with Crippen molar-refractivity contribution in [2.24, 2.45) is 0 Å². The van der Waals surface area contributed by atoms with E-state index >= 15 is 0 Å². The van der Waals surface area contributed by atoms with Crippen LogP contribution in [0.3, 0.4) is 0 Å². The Bertz CT molecular complexity index is 354. The lowest BCUT2D eigenvalue weighted by Crippen LogP contribution is -2.17. The van der Waals surface area contributed by atoms with Gasteiger partial charge in [-0.2, -0.15) is 0 Å². The second kappa shape index (κ2) is 4.87. The van der Waals surface area contributed by atoms with Crippen molar-refractivity contribution in [3.63, 3.8) is 0 Å². The number of amides is 1. The van der Waals surface area contributed by atoms with Gasteiger partial charge in [0.05, 0.1) is 6.54 Å². The Labute approximate surface area is 97.5 Å². The Hall–Kier alpha value is -0.440. The number of carbonyl (C=O) groups excluding carboxylic acids is 1. The van der Waals surface area contributed by atoms with E-state index < -0.39 is 0 Å². The Morgan fingerprint density at radius 1 is 1.43 bits per heavy atom. The molecule has 0 aliphatic heterocycles. The topological polar surface area (TPSA) is 20.3 Å². The van der Waals surface area contributed by atoms with Gasteiger partial charge in [-0.25, -0.2) is 0 Å². The fourth-order valence-electron chi connectivity index (χ4n) is 0.911. The first-order chi connectivity index (χ1) is 6.50. The van der Waals surface area contributed by atoms with Gasteiger partial charge in [-0.1, -0.05) is 29.3 Å². The summed E-state index contributed by atoms with van der Waals surface area (Å²) < 4.78 is 1.06. The van der Waals surface area contributed by atoms with Gasteiger partial charge in [0, 0.05) is 28.7 Å². The van der Waals surface area contributed by atoms with Crippen LogP contribution in [0.25, 0.3) is 0 Å². The SMILES string of the molecule is CC(=O)N(Cl)Cc1ccc(Cl)cc1Cl. The Kier molecular flexibility index (Phi) is 4.05. The number of rotatable bonds is 2. The summed E-state index contributed by atoms with van der Waals surface area (Å²) in [4.78, 5) is 10.9. The van der Waals surface area contributed by atoms with E-state index in [4.69, 9.17) is 35.0 Å². The van der Waals surface area contributed by atoms with Crippen LogP contribution in [0.2, 0.25) is 10.0 Å². The van der Waals surface area contributed by atoms with Crippen molar-refractivity contribution in [3.05, 3.63) is 33.8 Å². The van der Waals surface area contributed by atoms with E-state index in [1.807, 2.05) is 0 Å². The number of benzene rings is 1. The molecule has 0 fully saturated rings. The van der Waals surface area contributed by atoms with E-state index in [1.165, 1.54) is 6.92 Å². The molecule has 0 bridgehead atoms. The zero-order valence-corrected chi connectivity index (χ0v) is 9.70. The molecule has 0 aromatic heterocycles. The standard InChI is InChI=1S/C9H8Cl3NO/c1-6(14)13(12)5-7-2-3-8(10)4-9(7)11/h2-4H,5H2,1H3. The van der Waals surface area contributed by atoms with Crippen molar-refractivity contribution in [2.45, 2.75) is 13.5 Å². The molecule has 0 N–H and O–H groups in total. The molecule has 5 heteroatoms. The fourth-order valence-corrected chi connectivity index (χ4v) is 1.51. The molecule has 0 aliphatic rings. The number of hydrogen-bond donors (Lipinski definition) is 0. The number of halogens is 3. The van der Waals surface area contributed by atoms with Crippen LogP contribution in [-0.4, -0.2) is 10.3 Å². The largest absolute Gasteiger partial charge is 0.274 e. The summed E-state index contributed by atoms with van der Waals surface area (Å²) in [6.07, 6.45) is 0. The Balaban J connectivity index is 2.82. The highest BCUT2D eigenvalue weighted by Crippen LogP contribution is 2.22. The minimum absolute atomic E-state index is 0.224. The summed E-state index contributed by atoms with van der Waals surface area (Å²) >= 11 is 17.3. The van der Waals surface area contributed by atoms with Gasteiger partial charge in [-0.05, 0) is 17.7 Å². The molecule has 0 heterocycles. The average Bonchev–Trinajstić information content (AvgIpc) is 2.09. The monoisotopic (exact) mass is 251 g/mol. The van der Waals surface area contributed by atoms with Gasteiger partial charge in [0.2, 0.25) is 5.91 Å². The van der Waals surface area contributed by atoms with Crippen molar-refractivity contribution < 1.29 is 4.79 Å². The van der Waals surface area contributed by atoms with E-state index in [2.05, 4.69) is 0 Å². The lowest BCUT2D eigenvalue weighted by Gasteiger charge is -2.12. The normalized spacial score (nSPS) is 10.0. The van der Waals surface area contributed by atoms with E-state index in [9.17, 15) is 4.79 Å². The molecule has 1 aromatic carbocycles. The lowest BCUT2D eigenvalue weighted by molar-refractivity contribution is -0.124. The van der Waals surface area contributed by atoms with Crippen molar-refractivity contribution >= 4 is 40.9 Å². The van der Waals surface area contributed by atoms with Crippen LogP contribution in [-0.2, 0) is 11.3 Å². The molecule has 1 amide bonds. The molecule has 14 heavy (non-hydrogen) atoms. The maximum atomic E-state index is 10.9. The molecule has 0 saturated heterocycles. The minimum atomic E-state index is -0.224. The molecule has 76 valence electrons. The van der Waals surface area contributed by atoms with Crippen LogP contribution < -0.4 is 0 Å². The zero-order valence-electron chi connectivity index (χ0n) is 7.43. The summed E-state index contributed by atoms with van der Waals surface area (Å²) in [5.41, 5.74) is 0.765. The van der Waals surface area contributed by atoms with Gasteiger partial charge in [-0.3, -0.25) is 9.21 Å². The predicted octanol–water partition coefficient (Wildman–Crippen LogP) is 3.50. The quantitative estimate of drug-likeness (QED) is 0.738. The van der Waals surface area contributed by atoms with Crippen LogP contribution in [0.5, 0.6) is 0 Å². The lowest BCUT2D eigenvalue weighted by atomic mass is 10.2. The highest BCUT2D eigenvalue weighted by atomic mass is 35.5. The summed E-state index contributed by atoms with van der Waals surface area (Å²) in [5, 5.41) is 1.06. The first kappa shape index (κ1) is 11.6. The number of hydrogen-bond acceptors (Lipinski definition) is 1. The smallest absolute Gasteiger partial charge is 0.234 e. The zero-order chi connectivity index (χ0) is 10.7. The van der Waals surface area contributed by atoms with Crippen LogP contribution in [0, 0.1) is 0 Å². The molecule has 0 spiro atoms. The summed E-state index contributed by atoms with van der Waals surface area (Å²) in [6, 6.07) is 5.06. The first-order valence-electron chi connectivity index (χ1n) is 3.88. The molecule has 0 aliphatic carbocycles. The Morgan fingerprint density at radius 3 is 2.57 bits per heavy atom. The van der Waals surface area contributed by atoms with Crippen molar-refractivity contribution in [1.29, 1.82) is 0 Å². The number of carbonyl (C=O) groups is 1. The Morgan fingerprint density at radius 2 is 2.07 bits per heavy atom. The minimum Gasteiger partial charge on any atom is -0.274 e. The summed E-state index contributed by atoms with van der Waals surface area (Å²) in [7, 11) is 0. The molecular formula is C9H8Cl3NO. The number of nitrogens with zero attached hydrogens (tertiary/aromatic N) is 1. The second-order valence-corrected chi connectivity index (χ2v) is 4.03. The van der Waals surface area contributed by atoms with Crippen LogP contribution in [0.1, 0.15) is 12.5 Å². The van der Waals surface area contributed by atoms with Crippen LogP contribution >= 0.6 is 35.0 Å². The molecule has 0 saturated carbocycles. The molecule has 0 radical (unpaired) electrons. The van der Waals surface area contributed by atoms with Crippen LogP contribution in [0.15, 0.2) is 18.2 Å². The molecule has 0 unspecified atom stereocenters. The third-order valence-corrected chi connectivity index (χ3v) is 2.61. The fraction of sp³-hybridized carbons (Fsp3) is 0.222. The van der Waals surface area contributed by atoms with Gasteiger partial charge in [0.1, 0.15) is 0 Å².